The first-order chi connectivity index (χ1) is 11.9. The number of amides is 2. The second kappa shape index (κ2) is 7.31. The summed E-state index contributed by atoms with van der Waals surface area (Å²) in [5.74, 6) is 0.922. The van der Waals surface area contributed by atoms with E-state index < -0.39 is 0 Å². The van der Waals surface area contributed by atoms with Gasteiger partial charge in [0.05, 0.1) is 19.4 Å². The highest BCUT2D eigenvalue weighted by molar-refractivity contribution is 5.74. The van der Waals surface area contributed by atoms with E-state index in [0.29, 0.717) is 6.54 Å². The number of benzene rings is 1. The van der Waals surface area contributed by atoms with Gasteiger partial charge >= 0.3 is 6.03 Å². The number of nitrogens with one attached hydrogen (secondary N) is 3. The number of rotatable bonds is 4. The van der Waals surface area contributed by atoms with E-state index in [-0.39, 0.29) is 17.6 Å². The van der Waals surface area contributed by atoms with Gasteiger partial charge in [0.2, 0.25) is 0 Å². The lowest BCUT2D eigenvalue weighted by Crippen LogP contribution is -3.12. The summed E-state index contributed by atoms with van der Waals surface area (Å²) in [5.41, 5.74) is 2.57. The number of urea groups is 1. The minimum atomic E-state index is -0.249. The molecule has 1 aromatic heterocycles. The maximum Gasteiger partial charge on any atom is 0.315 e. The van der Waals surface area contributed by atoms with Crippen LogP contribution < -0.4 is 15.5 Å². The smallest absolute Gasteiger partial charge is 0.315 e. The van der Waals surface area contributed by atoms with E-state index in [1.165, 1.54) is 16.0 Å². The van der Waals surface area contributed by atoms with E-state index in [1.807, 2.05) is 32.9 Å². The van der Waals surface area contributed by atoms with Crippen molar-refractivity contribution in [2.45, 2.75) is 45.3 Å². The van der Waals surface area contributed by atoms with Gasteiger partial charge in [-0.2, -0.15) is 0 Å². The second-order valence-electron chi connectivity index (χ2n) is 7.76. The van der Waals surface area contributed by atoms with Crippen LogP contribution in [0.25, 0.3) is 0 Å². The second-order valence-corrected chi connectivity index (χ2v) is 7.76. The molecule has 1 unspecified atom stereocenters. The van der Waals surface area contributed by atoms with Crippen molar-refractivity contribution in [1.29, 1.82) is 0 Å². The van der Waals surface area contributed by atoms with Crippen LogP contribution in [0.3, 0.4) is 0 Å². The Balaban J connectivity index is 1.70. The van der Waals surface area contributed by atoms with Crippen molar-refractivity contribution in [2.24, 2.45) is 0 Å². The summed E-state index contributed by atoms with van der Waals surface area (Å²) in [4.78, 5) is 13.6. The lowest BCUT2D eigenvalue weighted by atomic mass is 9.98. The molecular weight excluding hydrogens is 314 g/mol. The van der Waals surface area contributed by atoms with Gasteiger partial charge in [-0.1, -0.05) is 24.3 Å². The summed E-state index contributed by atoms with van der Waals surface area (Å²) in [6, 6.07) is 12.5. The molecule has 1 aliphatic heterocycles. The third-order valence-corrected chi connectivity index (χ3v) is 4.59. The van der Waals surface area contributed by atoms with Gasteiger partial charge in [-0.25, -0.2) is 4.79 Å². The Labute approximate surface area is 149 Å². The highest BCUT2D eigenvalue weighted by Gasteiger charge is 2.30. The fraction of sp³-hybridized carbons (Fsp3) is 0.450. The van der Waals surface area contributed by atoms with Crippen LogP contribution in [0.15, 0.2) is 47.1 Å². The van der Waals surface area contributed by atoms with Gasteiger partial charge in [0.15, 0.2) is 11.8 Å². The van der Waals surface area contributed by atoms with Crippen molar-refractivity contribution in [3.63, 3.8) is 0 Å². The number of hydrogen-bond donors (Lipinski definition) is 3. The number of quaternary nitrogens is 1. The standard InChI is InChI=1S/C20H27N3O2/c1-20(2,3)22-19(24)21-13-17(18-9-6-12-25-18)23-11-10-15-7-4-5-8-16(15)14-23/h4-9,12,17H,10-11,13-14H2,1-3H3,(H2,21,22,24)/p+1/t17-/m1/s1. The van der Waals surface area contributed by atoms with Crippen molar-refractivity contribution in [1.82, 2.24) is 10.6 Å². The number of carbonyl (C=O) groups is 1. The third-order valence-electron chi connectivity index (χ3n) is 4.59. The van der Waals surface area contributed by atoms with Crippen molar-refractivity contribution < 1.29 is 14.1 Å². The molecule has 3 N–H and O–H groups in total. The third kappa shape index (κ3) is 4.63. The summed E-state index contributed by atoms with van der Waals surface area (Å²) < 4.78 is 5.68. The molecule has 0 aliphatic carbocycles. The minimum absolute atomic E-state index is 0.106. The minimum Gasteiger partial charge on any atom is -0.463 e. The van der Waals surface area contributed by atoms with E-state index in [1.54, 1.807) is 6.26 Å². The predicted octanol–water partition coefficient (Wildman–Crippen LogP) is 2.06. The molecule has 0 fully saturated rings. The highest BCUT2D eigenvalue weighted by Crippen LogP contribution is 2.15. The van der Waals surface area contributed by atoms with Gasteiger partial charge < -0.3 is 20.0 Å². The van der Waals surface area contributed by atoms with Crippen LogP contribution in [0.5, 0.6) is 0 Å². The average molecular weight is 342 g/mol. The molecule has 2 atom stereocenters. The molecule has 5 heteroatoms. The average Bonchev–Trinajstić information content (AvgIpc) is 3.07. The molecule has 3 rings (SSSR count). The number of furan rings is 1. The first-order valence-electron chi connectivity index (χ1n) is 8.93. The Bertz CT molecular complexity index is 704. The number of hydrogen-bond acceptors (Lipinski definition) is 2. The number of fused-ring (bicyclic) bond motifs is 1. The Morgan fingerprint density at radius 1 is 1.20 bits per heavy atom. The SMILES string of the molecule is CC(C)(C)NC(=O)NC[C@H](c1ccco1)[NH+]1CCc2ccccc2C1. The molecule has 0 saturated carbocycles. The topological polar surface area (TPSA) is 58.7 Å². The quantitative estimate of drug-likeness (QED) is 0.797. The molecule has 0 spiro atoms. The molecule has 0 saturated heterocycles. The van der Waals surface area contributed by atoms with E-state index >= 15 is 0 Å². The van der Waals surface area contributed by atoms with Gasteiger partial charge in [0, 0.05) is 17.5 Å². The number of carbonyl (C=O) groups excluding carboxylic acids is 1. The molecule has 134 valence electrons. The van der Waals surface area contributed by atoms with E-state index in [0.717, 1.165) is 25.3 Å². The largest absolute Gasteiger partial charge is 0.463 e. The molecule has 1 aliphatic rings. The van der Waals surface area contributed by atoms with Crippen molar-refractivity contribution in [3.8, 4) is 0 Å². The maximum atomic E-state index is 12.2. The van der Waals surface area contributed by atoms with Gasteiger partial charge in [0.25, 0.3) is 0 Å². The predicted molar refractivity (Wildman–Crippen MR) is 97.4 cm³/mol. The fourth-order valence-corrected chi connectivity index (χ4v) is 3.41. The fourth-order valence-electron chi connectivity index (χ4n) is 3.41. The van der Waals surface area contributed by atoms with Crippen LogP contribution >= 0.6 is 0 Å². The van der Waals surface area contributed by atoms with Crippen LogP contribution in [0, 0.1) is 0 Å². The molecule has 2 amide bonds. The summed E-state index contributed by atoms with van der Waals surface area (Å²) in [7, 11) is 0. The lowest BCUT2D eigenvalue weighted by Gasteiger charge is -2.32. The molecular formula is C20H28N3O2+. The van der Waals surface area contributed by atoms with Crippen LogP contribution in [-0.2, 0) is 13.0 Å². The Hall–Kier alpha value is -2.27. The highest BCUT2D eigenvalue weighted by atomic mass is 16.3. The lowest BCUT2D eigenvalue weighted by molar-refractivity contribution is -0.946. The van der Waals surface area contributed by atoms with E-state index in [2.05, 4.69) is 34.9 Å². The Morgan fingerprint density at radius 2 is 1.96 bits per heavy atom. The van der Waals surface area contributed by atoms with Crippen LogP contribution in [-0.4, -0.2) is 24.7 Å². The Morgan fingerprint density at radius 3 is 2.64 bits per heavy atom. The van der Waals surface area contributed by atoms with Crippen molar-refractivity contribution in [3.05, 3.63) is 59.5 Å². The normalized spacial score (nSPS) is 18.3. The summed E-state index contributed by atoms with van der Waals surface area (Å²) in [6.45, 7) is 8.46. The maximum absolute atomic E-state index is 12.2. The van der Waals surface area contributed by atoms with Crippen LogP contribution in [0.1, 0.15) is 43.7 Å². The van der Waals surface area contributed by atoms with E-state index in [9.17, 15) is 4.79 Å². The molecule has 1 aromatic carbocycles. The molecule has 2 aromatic rings. The van der Waals surface area contributed by atoms with Crippen molar-refractivity contribution in [2.75, 3.05) is 13.1 Å². The zero-order valence-electron chi connectivity index (χ0n) is 15.3. The molecule has 0 radical (unpaired) electrons. The molecule has 0 bridgehead atoms. The zero-order chi connectivity index (χ0) is 17.9. The monoisotopic (exact) mass is 342 g/mol. The zero-order valence-corrected chi connectivity index (χ0v) is 15.3. The van der Waals surface area contributed by atoms with Gasteiger partial charge in [-0.05, 0) is 38.5 Å². The van der Waals surface area contributed by atoms with Crippen LogP contribution in [0.2, 0.25) is 0 Å². The molecule has 25 heavy (non-hydrogen) atoms. The summed E-state index contributed by atoms with van der Waals surface area (Å²) in [6.07, 6.45) is 2.76. The van der Waals surface area contributed by atoms with Crippen LogP contribution in [0.4, 0.5) is 4.79 Å². The first-order valence-corrected chi connectivity index (χ1v) is 8.93. The van der Waals surface area contributed by atoms with Gasteiger partial charge in [-0.15, -0.1) is 0 Å². The molecule has 5 nitrogen and oxygen atoms in total. The Kier molecular flexibility index (Phi) is 5.13. The van der Waals surface area contributed by atoms with Crippen molar-refractivity contribution >= 4 is 6.03 Å². The van der Waals surface area contributed by atoms with Gasteiger partial charge in [-0.3, -0.25) is 0 Å². The summed E-state index contributed by atoms with van der Waals surface area (Å²) in [5, 5.41) is 5.97. The molecule has 2 heterocycles. The summed E-state index contributed by atoms with van der Waals surface area (Å²) >= 11 is 0. The van der Waals surface area contributed by atoms with E-state index in [4.69, 9.17) is 4.42 Å². The van der Waals surface area contributed by atoms with Gasteiger partial charge in [0.1, 0.15) is 6.54 Å². The first kappa shape index (κ1) is 17.5.